The van der Waals surface area contributed by atoms with E-state index < -0.39 is 5.41 Å². The number of benzene rings is 4. The van der Waals surface area contributed by atoms with E-state index in [0.717, 1.165) is 46.5 Å². The molecule has 46 heavy (non-hydrogen) atoms. The fourth-order valence-electron chi connectivity index (χ4n) is 7.86. The number of allylic oxidation sites excluding steroid dienone is 2. The van der Waals surface area contributed by atoms with E-state index in [-0.39, 0.29) is 34.3 Å². The van der Waals surface area contributed by atoms with Crippen molar-refractivity contribution in [3.8, 4) is 0 Å². The highest BCUT2D eigenvalue weighted by Gasteiger charge is 2.40. The molecule has 4 aromatic rings. The van der Waals surface area contributed by atoms with Gasteiger partial charge < -0.3 is 4.90 Å². The van der Waals surface area contributed by atoms with Crippen LogP contribution in [0.2, 0.25) is 0 Å². The minimum atomic E-state index is -0.446. The predicted octanol–water partition coefficient (Wildman–Crippen LogP) is 8.72. The smallest absolute Gasteiger partial charge is 0.197 e. The zero-order valence-corrected chi connectivity index (χ0v) is 25.9. The number of fused-ring (bicyclic) bond motifs is 4. The van der Waals surface area contributed by atoms with Crippen molar-refractivity contribution in [3.05, 3.63) is 141 Å². The van der Waals surface area contributed by atoms with Crippen LogP contribution in [0.5, 0.6) is 0 Å². The van der Waals surface area contributed by atoms with E-state index in [2.05, 4.69) is 43.0 Å². The van der Waals surface area contributed by atoms with E-state index in [9.17, 15) is 19.2 Å². The number of ketones is 4. The van der Waals surface area contributed by atoms with Crippen molar-refractivity contribution in [2.24, 2.45) is 0 Å². The van der Waals surface area contributed by atoms with Crippen molar-refractivity contribution in [2.75, 3.05) is 4.90 Å². The van der Waals surface area contributed by atoms with Crippen molar-refractivity contribution >= 4 is 46.7 Å². The first-order chi connectivity index (χ1) is 22.2. The fourth-order valence-corrected chi connectivity index (χ4v) is 7.86. The second kappa shape index (κ2) is 10.4. The van der Waals surface area contributed by atoms with Crippen LogP contribution >= 0.6 is 0 Å². The Morgan fingerprint density at radius 1 is 0.565 bits per heavy atom. The molecule has 1 heterocycles. The van der Waals surface area contributed by atoms with Crippen molar-refractivity contribution in [2.45, 2.75) is 57.4 Å². The second-order valence-corrected chi connectivity index (χ2v) is 13.4. The van der Waals surface area contributed by atoms with E-state index in [1.165, 1.54) is 19.3 Å². The Morgan fingerprint density at radius 3 is 1.35 bits per heavy atom. The normalized spacial score (nSPS) is 18.3. The molecule has 4 aromatic carbocycles. The maximum Gasteiger partial charge on any atom is 0.197 e. The van der Waals surface area contributed by atoms with E-state index in [1.54, 1.807) is 60.7 Å². The molecule has 226 valence electrons. The van der Waals surface area contributed by atoms with Crippen molar-refractivity contribution in [3.63, 3.8) is 0 Å². The summed E-state index contributed by atoms with van der Waals surface area (Å²) in [5, 5.41) is 0. The topological polar surface area (TPSA) is 71.5 Å². The first kappa shape index (κ1) is 28.3. The standard InChI is InChI=1S/C41H33NO4/c1-41(2)33-22-24(20-31-37(43)27-12-6-7-13-28(27)38(31)44)16-18-35(33)42(26-10-4-3-5-11-26)36-19-17-25(23-34(36)41)21-32-39(45)29-14-8-9-15-30(29)40(32)46/h6-9,12-23,26H,3-5,10-11H2,1-2H3. The van der Waals surface area contributed by atoms with E-state index in [4.69, 9.17) is 0 Å². The summed E-state index contributed by atoms with van der Waals surface area (Å²) in [6.45, 7) is 4.39. The maximum absolute atomic E-state index is 13.2. The van der Waals surface area contributed by atoms with Gasteiger partial charge in [0, 0.05) is 45.1 Å². The summed E-state index contributed by atoms with van der Waals surface area (Å²) in [5.74, 6) is -0.935. The number of carbonyl (C=O) groups excluding carboxylic acids is 4. The van der Waals surface area contributed by atoms with Crippen LogP contribution in [0.3, 0.4) is 0 Å². The summed E-state index contributed by atoms with van der Waals surface area (Å²) >= 11 is 0. The van der Waals surface area contributed by atoms with Crippen LogP contribution in [0.25, 0.3) is 12.2 Å². The van der Waals surface area contributed by atoms with Gasteiger partial charge in [-0.1, -0.05) is 93.8 Å². The molecule has 0 amide bonds. The molecule has 1 aliphatic heterocycles. The Morgan fingerprint density at radius 2 is 0.957 bits per heavy atom. The lowest BCUT2D eigenvalue weighted by Gasteiger charge is -2.46. The molecule has 4 aliphatic rings. The minimum absolute atomic E-state index is 0.195. The van der Waals surface area contributed by atoms with Gasteiger partial charge in [0.15, 0.2) is 23.1 Å². The van der Waals surface area contributed by atoms with E-state index in [1.807, 2.05) is 12.1 Å². The van der Waals surface area contributed by atoms with Crippen LogP contribution in [0.4, 0.5) is 11.4 Å². The average molecular weight is 604 g/mol. The van der Waals surface area contributed by atoms with Gasteiger partial charge in [0.25, 0.3) is 0 Å². The third-order valence-corrected chi connectivity index (χ3v) is 10.3. The SMILES string of the molecule is CC1(C)c2cc(C=C3C(=O)c4ccccc4C3=O)ccc2N(C2CCCCC2)c2ccc(C=C3C(=O)c4ccccc4C3=O)cc21. The number of nitrogens with zero attached hydrogens (tertiary/aromatic N) is 1. The zero-order valence-electron chi connectivity index (χ0n) is 25.9. The molecule has 1 saturated carbocycles. The number of rotatable bonds is 3. The Bertz CT molecular complexity index is 1880. The minimum Gasteiger partial charge on any atom is -0.338 e. The van der Waals surface area contributed by atoms with Gasteiger partial charge in [-0.3, -0.25) is 19.2 Å². The Balaban J connectivity index is 1.24. The van der Waals surface area contributed by atoms with E-state index in [0.29, 0.717) is 28.3 Å². The lowest BCUT2D eigenvalue weighted by Crippen LogP contribution is -2.40. The first-order valence-corrected chi connectivity index (χ1v) is 16.1. The van der Waals surface area contributed by atoms with Gasteiger partial charge in [0.2, 0.25) is 0 Å². The molecular weight excluding hydrogens is 570 g/mol. The molecule has 0 spiro atoms. The summed E-state index contributed by atoms with van der Waals surface area (Å²) in [6, 6.07) is 26.9. The molecule has 0 atom stereocenters. The number of hydrogen-bond acceptors (Lipinski definition) is 5. The predicted molar refractivity (Wildman–Crippen MR) is 180 cm³/mol. The van der Waals surface area contributed by atoms with Crippen LogP contribution in [-0.4, -0.2) is 29.2 Å². The second-order valence-electron chi connectivity index (χ2n) is 13.4. The highest BCUT2D eigenvalue weighted by Crippen LogP contribution is 2.52. The van der Waals surface area contributed by atoms with Gasteiger partial charge in [-0.2, -0.15) is 0 Å². The number of anilines is 2. The maximum atomic E-state index is 13.2. The van der Waals surface area contributed by atoms with Gasteiger partial charge in [0.1, 0.15) is 0 Å². The molecular formula is C41H33NO4. The molecule has 0 saturated heterocycles. The molecule has 1 fully saturated rings. The summed E-state index contributed by atoms with van der Waals surface area (Å²) < 4.78 is 0. The summed E-state index contributed by atoms with van der Waals surface area (Å²) in [4.78, 5) is 55.3. The molecule has 5 heteroatoms. The third-order valence-electron chi connectivity index (χ3n) is 10.3. The first-order valence-electron chi connectivity index (χ1n) is 16.1. The lowest BCUT2D eigenvalue weighted by molar-refractivity contribution is 0.0975. The third kappa shape index (κ3) is 4.22. The number of hydrogen-bond donors (Lipinski definition) is 0. The molecule has 0 radical (unpaired) electrons. The molecule has 0 bridgehead atoms. The fraction of sp³-hybridized carbons (Fsp3) is 0.220. The molecule has 0 N–H and O–H groups in total. The molecule has 0 aromatic heterocycles. The van der Waals surface area contributed by atoms with Crippen LogP contribution in [0, 0.1) is 0 Å². The molecule has 3 aliphatic carbocycles. The van der Waals surface area contributed by atoms with Gasteiger partial charge >= 0.3 is 0 Å². The largest absolute Gasteiger partial charge is 0.338 e. The van der Waals surface area contributed by atoms with Gasteiger partial charge in [-0.25, -0.2) is 0 Å². The summed E-state index contributed by atoms with van der Waals surface area (Å²) in [6.07, 6.45) is 9.26. The summed E-state index contributed by atoms with van der Waals surface area (Å²) in [5.41, 5.74) is 7.89. The zero-order chi connectivity index (χ0) is 31.7. The highest BCUT2D eigenvalue weighted by atomic mass is 16.2. The van der Waals surface area contributed by atoms with Crippen LogP contribution in [0.1, 0.15) is 110 Å². The Labute approximate surface area is 268 Å². The molecule has 8 rings (SSSR count). The van der Waals surface area contributed by atoms with E-state index >= 15 is 0 Å². The number of carbonyl (C=O) groups is 4. The quantitative estimate of drug-likeness (QED) is 0.173. The van der Waals surface area contributed by atoms with Gasteiger partial charge in [0.05, 0.1) is 11.1 Å². The van der Waals surface area contributed by atoms with Crippen LogP contribution in [-0.2, 0) is 5.41 Å². The molecule has 0 unspecified atom stereocenters. The van der Waals surface area contributed by atoms with Gasteiger partial charge in [-0.15, -0.1) is 0 Å². The number of Topliss-reactive ketones (excluding diaryl/α,β-unsaturated/α-hetero) is 4. The van der Waals surface area contributed by atoms with Crippen molar-refractivity contribution in [1.29, 1.82) is 0 Å². The summed E-state index contributed by atoms with van der Waals surface area (Å²) in [7, 11) is 0. The highest BCUT2D eigenvalue weighted by molar-refractivity contribution is 6.42. The van der Waals surface area contributed by atoms with Gasteiger partial charge in [-0.05, 0) is 71.5 Å². The lowest BCUT2D eigenvalue weighted by atomic mass is 9.72. The Kier molecular flexibility index (Phi) is 6.43. The van der Waals surface area contributed by atoms with Crippen LogP contribution < -0.4 is 4.90 Å². The van der Waals surface area contributed by atoms with Crippen molar-refractivity contribution in [1.82, 2.24) is 0 Å². The molecule has 5 nitrogen and oxygen atoms in total. The average Bonchev–Trinajstić information content (AvgIpc) is 3.46. The monoisotopic (exact) mass is 603 g/mol. The van der Waals surface area contributed by atoms with Crippen LogP contribution in [0.15, 0.2) is 96.1 Å². The van der Waals surface area contributed by atoms with Crippen molar-refractivity contribution < 1.29 is 19.2 Å². The Hall–Kier alpha value is -5.16.